The van der Waals surface area contributed by atoms with Crippen LogP contribution in [0.4, 0.5) is 0 Å². The zero-order chi connectivity index (χ0) is 50.6. The van der Waals surface area contributed by atoms with Gasteiger partial charge in [0.1, 0.15) is 6.61 Å². The molecule has 0 bridgehead atoms. The highest BCUT2D eigenvalue weighted by atomic mass is 16.6. The fourth-order valence-corrected chi connectivity index (χ4v) is 8.15. The molecule has 0 aromatic heterocycles. The van der Waals surface area contributed by atoms with E-state index in [1.54, 1.807) is 0 Å². The van der Waals surface area contributed by atoms with Gasteiger partial charge in [-0.15, -0.1) is 0 Å². The van der Waals surface area contributed by atoms with Crippen molar-refractivity contribution in [2.45, 2.75) is 277 Å². The minimum atomic E-state index is -0.782. The molecule has 0 saturated carbocycles. The molecule has 0 aliphatic carbocycles. The number of aliphatic hydroxyl groups is 1. The van der Waals surface area contributed by atoms with Crippen LogP contribution in [-0.4, -0.2) is 36.4 Å². The zero-order valence-electron chi connectivity index (χ0n) is 45.7. The minimum absolute atomic E-state index is 0.0719. The van der Waals surface area contributed by atoms with Crippen LogP contribution in [0, 0.1) is 0 Å². The molecule has 70 heavy (non-hydrogen) atoms. The Morgan fingerprint density at radius 1 is 0.343 bits per heavy atom. The molecular weight excluding hydrogens is 861 g/mol. The van der Waals surface area contributed by atoms with E-state index in [1.165, 1.54) is 154 Å². The molecule has 0 aliphatic rings. The van der Waals surface area contributed by atoms with Crippen molar-refractivity contribution < 1.29 is 24.2 Å². The molecule has 0 rings (SSSR count). The van der Waals surface area contributed by atoms with Gasteiger partial charge in [-0.05, 0) is 103 Å². The van der Waals surface area contributed by atoms with Gasteiger partial charge in [0.15, 0.2) is 6.10 Å². The van der Waals surface area contributed by atoms with Gasteiger partial charge in [-0.2, -0.15) is 0 Å². The van der Waals surface area contributed by atoms with Crippen molar-refractivity contribution in [3.05, 3.63) is 109 Å². The number of hydrogen-bond acceptors (Lipinski definition) is 5. The SMILES string of the molecule is CC/C=C\C/C=C\C/C=C\C/C=C\C/C=C\C/C=C\C/C=C\CCCCCCCCCCCCCC(=O)OC(CO)COC(=O)CCCCCCCCCCCCC/C=C\C/C=C\CCCCCCC. The molecule has 1 atom stereocenters. The summed E-state index contributed by atoms with van der Waals surface area (Å²) in [5.41, 5.74) is 0. The number of carbonyl (C=O) groups excluding carboxylic acids is 2. The van der Waals surface area contributed by atoms with Gasteiger partial charge in [0, 0.05) is 12.8 Å². The second kappa shape index (κ2) is 59.9. The Morgan fingerprint density at radius 3 is 0.929 bits per heavy atom. The van der Waals surface area contributed by atoms with Crippen molar-refractivity contribution in [3.8, 4) is 0 Å². The molecule has 5 heteroatoms. The summed E-state index contributed by atoms with van der Waals surface area (Å²) in [4.78, 5) is 24.6. The first kappa shape index (κ1) is 66.6. The third-order valence-corrected chi connectivity index (χ3v) is 12.6. The van der Waals surface area contributed by atoms with E-state index < -0.39 is 6.10 Å². The number of hydrogen-bond donors (Lipinski definition) is 1. The van der Waals surface area contributed by atoms with Gasteiger partial charge in [0.25, 0.3) is 0 Å². The molecule has 0 amide bonds. The summed E-state index contributed by atoms with van der Waals surface area (Å²) >= 11 is 0. The zero-order valence-corrected chi connectivity index (χ0v) is 45.7. The lowest BCUT2D eigenvalue weighted by Gasteiger charge is -2.15. The molecular formula is C65H110O5. The monoisotopic (exact) mass is 971 g/mol. The Kier molecular flexibility index (Phi) is 56.9. The third-order valence-electron chi connectivity index (χ3n) is 12.6. The standard InChI is InChI=1S/C65H110O5/c1-3-5-7-9-11-13-15-17-19-21-23-25-27-28-29-30-31-32-33-34-35-36-38-40-42-44-46-48-50-52-54-56-58-60-65(68)70-63(61-66)62-69-64(67)59-57-55-53-51-49-47-45-43-41-39-37-26-24-22-20-18-16-14-12-10-8-6-4-2/h5,7,11,13,16-19,22-25,28-29,31-32,34-35,63,66H,3-4,6,8-10,12,14-15,20-21,26-27,30,33,36-62H2,1-2H3/b7-5-,13-11-,18-16-,19-17-,24-22-,25-23-,29-28-,32-31-,35-34-. The van der Waals surface area contributed by atoms with Gasteiger partial charge in [-0.25, -0.2) is 0 Å². The van der Waals surface area contributed by atoms with Crippen LogP contribution < -0.4 is 0 Å². The smallest absolute Gasteiger partial charge is 0.306 e. The first-order chi connectivity index (χ1) is 34.6. The second-order valence-corrected chi connectivity index (χ2v) is 19.3. The van der Waals surface area contributed by atoms with E-state index >= 15 is 0 Å². The number of allylic oxidation sites excluding steroid dienone is 18. The number of aliphatic hydroxyl groups excluding tert-OH is 1. The van der Waals surface area contributed by atoms with Crippen LogP contribution in [0.5, 0.6) is 0 Å². The van der Waals surface area contributed by atoms with Gasteiger partial charge >= 0.3 is 11.9 Å². The Morgan fingerprint density at radius 2 is 0.614 bits per heavy atom. The third kappa shape index (κ3) is 57.1. The number of esters is 2. The Bertz CT molecular complexity index is 1380. The molecule has 0 radical (unpaired) electrons. The van der Waals surface area contributed by atoms with Crippen LogP contribution in [0.3, 0.4) is 0 Å². The molecule has 0 fully saturated rings. The maximum atomic E-state index is 12.3. The van der Waals surface area contributed by atoms with Gasteiger partial charge in [-0.3, -0.25) is 9.59 Å². The fraction of sp³-hybridized carbons (Fsp3) is 0.692. The van der Waals surface area contributed by atoms with Crippen molar-refractivity contribution in [3.63, 3.8) is 0 Å². The summed E-state index contributed by atoms with van der Waals surface area (Å²) in [6.45, 7) is 4.03. The lowest BCUT2D eigenvalue weighted by molar-refractivity contribution is -0.161. The number of carbonyl (C=O) groups is 2. The highest BCUT2D eigenvalue weighted by Gasteiger charge is 2.16. The largest absolute Gasteiger partial charge is 0.462 e. The second-order valence-electron chi connectivity index (χ2n) is 19.3. The Hall–Kier alpha value is -3.44. The van der Waals surface area contributed by atoms with E-state index in [2.05, 4.69) is 123 Å². The van der Waals surface area contributed by atoms with Gasteiger partial charge in [0.05, 0.1) is 6.61 Å². The summed E-state index contributed by atoms with van der Waals surface area (Å²) in [5.74, 6) is -0.595. The number of rotatable bonds is 53. The van der Waals surface area contributed by atoms with Crippen LogP contribution >= 0.6 is 0 Å². The molecule has 0 heterocycles. The summed E-state index contributed by atoms with van der Waals surface area (Å²) in [6, 6.07) is 0. The van der Waals surface area contributed by atoms with Crippen molar-refractivity contribution >= 4 is 11.9 Å². The van der Waals surface area contributed by atoms with Crippen LogP contribution in [0.15, 0.2) is 109 Å². The average Bonchev–Trinajstić information content (AvgIpc) is 3.36. The molecule has 400 valence electrons. The summed E-state index contributed by atoms with van der Waals surface area (Å²) < 4.78 is 10.7. The van der Waals surface area contributed by atoms with E-state index in [9.17, 15) is 14.7 Å². The Balaban J connectivity index is 3.53. The summed E-state index contributed by atoms with van der Waals surface area (Å²) in [6.07, 6.45) is 86.3. The van der Waals surface area contributed by atoms with E-state index in [0.29, 0.717) is 12.8 Å². The maximum absolute atomic E-state index is 12.3. The van der Waals surface area contributed by atoms with Crippen molar-refractivity contribution in [2.75, 3.05) is 13.2 Å². The van der Waals surface area contributed by atoms with Gasteiger partial charge in [-0.1, -0.05) is 264 Å². The lowest BCUT2D eigenvalue weighted by atomic mass is 10.0. The highest BCUT2D eigenvalue weighted by molar-refractivity contribution is 5.70. The predicted octanol–water partition coefficient (Wildman–Crippen LogP) is 20.1. The quantitative estimate of drug-likeness (QED) is 0.0373. The average molecular weight is 972 g/mol. The normalized spacial score (nSPS) is 13.0. The molecule has 0 saturated heterocycles. The van der Waals surface area contributed by atoms with Crippen molar-refractivity contribution in [2.24, 2.45) is 0 Å². The van der Waals surface area contributed by atoms with Gasteiger partial charge < -0.3 is 14.6 Å². The van der Waals surface area contributed by atoms with Crippen LogP contribution in [0.2, 0.25) is 0 Å². The minimum Gasteiger partial charge on any atom is -0.462 e. The lowest BCUT2D eigenvalue weighted by Crippen LogP contribution is -2.28. The molecule has 0 aromatic rings. The van der Waals surface area contributed by atoms with E-state index in [1.807, 2.05) is 0 Å². The predicted molar refractivity (Wildman–Crippen MR) is 306 cm³/mol. The molecule has 1 N–H and O–H groups in total. The van der Waals surface area contributed by atoms with Crippen molar-refractivity contribution in [1.29, 1.82) is 0 Å². The van der Waals surface area contributed by atoms with Gasteiger partial charge in [0.2, 0.25) is 0 Å². The van der Waals surface area contributed by atoms with E-state index in [-0.39, 0.29) is 25.2 Å². The highest BCUT2D eigenvalue weighted by Crippen LogP contribution is 2.15. The first-order valence-corrected chi connectivity index (χ1v) is 29.4. The maximum Gasteiger partial charge on any atom is 0.306 e. The first-order valence-electron chi connectivity index (χ1n) is 29.4. The molecule has 1 unspecified atom stereocenters. The van der Waals surface area contributed by atoms with E-state index in [4.69, 9.17) is 9.47 Å². The van der Waals surface area contributed by atoms with Crippen molar-refractivity contribution in [1.82, 2.24) is 0 Å². The molecule has 0 aromatic carbocycles. The van der Waals surface area contributed by atoms with Crippen LogP contribution in [0.25, 0.3) is 0 Å². The topological polar surface area (TPSA) is 72.8 Å². The van der Waals surface area contributed by atoms with Crippen LogP contribution in [0.1, 0.15) is 271 Å². The Labute approximate surface area is 433 Å². The summed E-state index contributed by atoms with van der Waals surface area (Å²) in [5, 5.41) is 9.66. The number of unbranched alkanes of at least 4 members (excludes halogenated alkanes) is 27. The molecule has 5 nitrogen and oxygen atoms in total. The molecule has 0 spiro atoms. The fourth-order valence-electron chi connectivity index (χ4n) is 8.15. The van der Waals surface area contributed by atoms with Crippen LogP contribution in [-0.2, 0) is 19.1 Å². The molecule has 0 aliphatic heterocycles. The van der Waals surface area contributed by atoms with E-state index in [0.717, 1.165) is 89.9 Å². The summed E-state index contributed by atoms with van der Waals surface area (Å²) in [7, 11) is 0. The number of ether oxygens (including phenoxy) is 2.